The summed E-state index contributed by atoms with van der Waals surface area (Å²) in [5, 5.41) is 0. The summed E-state index contributed by atoms with van der Waals surface area (Å²) in [5.41, 5.74) is 8.67. The van der Waals surface area contributed by atoms with Crippen LogP contribution in [0.15, 0.2) is 12.1 Å². The van der Waals surface area contributed by atoms with Gasteiger partial charge < -0.3 is 15.4 Å². The van der Waals surface area contributed by atoms with Crippen molar-refractivity contribution < 1.29 is 9.13 Å². The lowest BCUT2D eigenvalue weighted by Gasteiger charge is -2.36. The summed E-state index contributed by atoms with van der Waals surface area (Å²) < 4.78 is 19.1. The van der Waals surface area contributed by atoms with Gasteiger partial charge in [0, 0.05) is 31.9 Å². The van der Waals surface area contributed by atoms with E-state index < -0.39 is 0 Å². The van der Waals surface area contributed by atoms with Crippen molar-refractivity contribution in [3.05, 3.63) is 29.1 Å². The Morgan fingerprint density at radius 1 is 1.50 bits per heavy atom. The van der Waals surface area contributed by atoms with Crippen molar-refractivity contribution in [2.45, 2.75) is 32.7 Å². The van der Waals surface area contributed by atoms with E-state index in [1.807, 2.05) is 13.0 Å². The number of benzene rings is 1. The van der Waals surface area contributed by atoms with Gasteiger partial charge in [0.15, 0.2) is 0 Å². The van der Waals surface area contributed by atoms with Gasteiger partial charge >= 0.3 is 0 Å². The Morgan fingerprint density at radius 3 is 2.90 bits per heavy atom. The molecule has 1 saturated heterocycles. The molecule has 2 rings (SSSR count). The molecule has 0 bridgehead atoms. The Morgan fingerprint density at radius 2 is 2.25 bits per heavy atom. The Kier molecular flexibility index (Phi) is 5.00. The first-order valence-corrected chi connectivity index (χ1v) is 7.32. The molecule has 1 unspecified atom stereocenters. The lowest BCUT2D eigenvalue weighted by Crippen LogP contribution is -2.38. The second-order valence-corrected chi connectivity index (χ2v) is 5.86. The van der Waals surface area contributed by atoms with Gasteiger partial charge in [0.05, 0.1) is 6.61 Å². The lowest BCUT2D eigenvalue weighted by atomic mass is 9.96. The maximum absolute atomic E-state index is 13.8. The molecule has 0 spiro atoms. The van der Waals surface area contributed by atoms with E-state index in [9.17, 15) is 4.39 Å². The summed E-state index contributed by atoms with van der Waals surface area (Å²) in [7, 11) is 1.74. The van der Waals surface area contributed by atoms with E-state index in [1.54, 1.807) is 20.1 Å². The van der Waals surface area contributed by atoms with Crippen molar-refractivity contribution in [2.24, 2.45) is 11.7 Å². The second kappa shape index (κ2) is 6.55. The lowest BCUT2D eigenvalue weighted by molar-refractivity contribution is 0.143. The third kappa shape index (κ3) is 3.30. The van der Waals surface area contributed by atoms with Crippen LogP contribution >= 0.6 is 0 Å². The van der Waals surface area contributed by atoms with Gasteiger partial charge in [0.25, 0.3) is 0 Å². The van der Waals surface area contributed by atoms with E-state index >= 15 is 0 Å². The number of piperidine rings is 1. The Hall–Kier alpha value is -1.13. The van der Waals surface area contributed by atoms with Crippen LogP contribution in [-0.4, -0.2) is 26.8 Å². The molecule has 1 aromatic rings. The first-order valence-electron chi connectivity index (χ1n) is 7.32. The maximum atomic E-state index is 13.8. The molecule has 0 aliphatic carbocycles. The Labute approximate surface area is 120 Å². The monoisotopic (exact) mass is 280 g/mol. The fourth-order valence-corrected chi connectivity index (χ4v) is 2.98. The minimum absolute atomic E-state index is 0.164. The summed E-state index contributed by atoms with van der Waals surface area (Å²) in [4.78, 5) is 2.33. The molecule has 2 atom stereocenters. The highest BCUT2D eigenvalue weighted by Gasteiger charge is 2.23. The van der Waals surface area contributed by atoms with Crippen molar-refractivity contribution in [2.75, 3.05) is 31.7 Å². The number of rotatable bonds is 4. The van der Waals surface area contributed by atoms with E-state index in [2.05, 4.69) is 4.90 Å². The molecule has 0 radical (unpaired) electrons. The zero-order chi connectivity index (χ0) is 14.7. The first-order chi connectivity index (χ1) is 9.52. The molecule has 4 heteroatoms. The first kappa shape index (κ1) is 15.3. The minimum Gasteiger partial charge on any atom is -0.384 e. The summed E-state index contributed by atoms with van der Waals surface area (Å²) in [6, 6.07) is 3.36. The van der Waals surface area contributed by atoms with Crippen LogP contribution in [0, 0.1) is 18.7 Å². The number of halogens is 1. The quantitative estimate of drug-likeness (QED) is 0.921. The molecule has 0 amide bonds. The van der Waals surface area contributed by atoms with Crippen LogP contribution in [0.25, 0.3) is 0 Å². The fourth-order valence-electron chi connectivity index (χ4n) is 2.98. The molecule has 1 aliphatic rings. The van der Waals surface area contributed by atoms with Gasteiger partial charge in [-0.2, -0.15) is 0 Å². The van der Waals surface area contributed by atoms with Gasteiger partial charge in [-0.1, -0.05) is 0 Å². The molecule has 112 valence electrons. The second-order valence-electron chi connectivity index (χ2n) is 5.86. The molecule has 3 nitrogen and oxygen atoms in total. The minimum atomic E-state index is -0.175. The third-order valence-electron chi connectivity index (χ3n) is 4.06. The van der Waals surface area contributed by atoms with Crippen molar-refractivity contribution >= 4 is 5.69 Å². The maximum Gasteiger partial charge on any atom is 0.126 e. The van der Waals surface area contributed by atoms with E-state index in [0.29, 0.717) is 11.5 Å². The average Bonchev–Trinajstić information content (AvgIpc) is 2.42. The van der Waals surface area contributed by atoms with E-state index in [0.717, 1.165) is 37.4 Å². The van der Waals surface area contributed by atoms with Crippen LogP contribution in [-0.2, 0) is 4.74 Å². The van der Waals surface area contributed by atoms with Crippen LogP contribution in [0.4, 0.5) is 10.1 Å². The van der Waals surface area contributed by atoms with Crippen molar-refractivity contribution in [3.8, 4) is 0 Å². The topological polar surface area (TPSA) is 38.5 Å². The van der Waals surface area contributed by atoms with Crippen molar-refractivity contribution in [1.82, 2.24) is 0 Å². The molecule has 1 fully saturated rings. The molecule has 0 aromatic heterocycles. The van der Waals surface area contributed by atoms with E-state index in [1.165, 1.54) is 6.42 Å². The SMILES string of the molecule is COCC1CCCN(c2cc(C)c(F)cc2[C@@H](C)N)C1. The Balaban J connectivity index is 2.28. The van der Waals surface area contributed by atoms with Gasteiger partial charge in [-0.25, -0.2) is 4.39 Å². The summed E-state index contributed by atoms with van der Waals surface area (Å²) in [5.74, 6) is 0.367. The molecular formula is C16H25FN2O. The molecule has 1 aliphatic heterocycles. The van der Waals surface area contributed by atoms with E-state index in [4.69, 9.17) is 10.5 Å². The Bertz CT molecular complexity index is 460. The molecule has 1 aromatic carbocycles. The standard InChI is InChI=1S/C16H25FN2O/c1-11-7-16(14(12(2)18)8-15(11)17)19-6-4-5-13(9-19)10-20-3/h7-8,12-13H,4-6,9-10,18H2,1-3H3/t12-,13?/m1/s1. The van der Waals surface area contributed by atoms with Crippen LogP contribution in [0.2, 0.25) is 0 Å². The number of nitrogens with zero attached hydrogens (tertiary/aromatic N) is 1. The number of hydrogen-bond acceptors (Lipinski definition) is 3. The predicted molar refractivity (Wildman–Crippen MR) is 80.6 cm³/mol. The highest BCUT2D eigenvalue weighted by atomic mass is 19.1. The molecule has 1 heterocycles. The predicted octanol–water partition coefficient (Wildman–Crippen LogP) is 3.02. The number of aryl methyl sites for hydroxylation is 1. The summed E-state index contributed by atoms with van der Waals surface area (Å²) in [6.45, 7) is 6.46. The van der Waals surface area contributed by atoms with Crippen LogP contribution in [0.3, 0.4) is 0 Å². The van der Waals surface area contributed by atoms with Crippen LogP contribution in [0.5, 0.6) is 0 Å². The number of ether oxygens (including phenoxy) is 1. The van der Waals surface area contributed by atoms with Crippen LogP contribution < -0.4 is 10.6 Å². The number of anilines is 1. The number of methoxy groups -OCH3 is 1. The number of nitrogens with two attached hydrogens (primary N) is 1. The normalized spacial score (nSPS) is 21.1. The van der Waals surface area contributed by atoms with Gasteiger partial charge in [0.2, 0.25) is 0 Å². The van der Waals surface area contributed by atoms with Gasteiger partial charge in [-0.3, -0.25) is 0 Å². The smallest absolute Gasteiger partial charge is 0.126 e. The highest BCUT2D eigenvalue weighted by Crippen LogP contribution is 2.31. The highest BCUT2D eigenvalue weighted by molar-refractivity contribution is 5.57. The van der Waals surface area contributed by atoms with Crippen molar-refractivity contribution in [3.63, 3.8) is 0 Å². The summed E-state index contributed by atoms with van der Waals surface area (Å²) >= 11 is 0. The van der Waals surface area contributed by atoms with Gasteiger partial charge in [0.1, 0.15) is 5.82 Å². The van der Waals surface area contributed by atoms with Crippen LogP contribution in [0.1, 0.15) is 36.9 Å². The molecule has 2 N–H and O–H groups in total. The van der Waals surface area contributed by atoms with Gasteiger partial charge in [-0.05, 0) is 55.9 Å². The zero-order valence-electron chi connectivity index (χ0n) is 12.7. The largest absolute Gasteiger partial charge is 0.384 e. The fraction of sp³-hybridized carbons (Fsp3) is 0.625. The molecule has 0 saturated carbocycles. The molecular weight excluding hydrogens is 255 g/mol. The third-order valence-corrected chi connectivity index (χ3v) is 4.06. The van der Waals surface area contributed by atoms with Crippen molar-refractivity contribution in [1.29, 1.82) is 0 Å². The van der Waals surface area contributed by atoms with E-state index in [-0.39, 0.29) is 11.9 Å². The zero-order valence-corrected chi connectivity index (χ0v) is 12.7. The molecule has 20 heavy (non-hydrogen) atoms. The number of hydrogen-bond donors (Lipinski definition) is 1. The average molecular weight is 280 g/mol. The van der Waals surface area contributed by atoms with Gasteiger partial charge in [-0.15, -0.1) is 0 Å². The summed E-state index contributed by atoms with van der Waals surface area (Å²) in [6.07, 6.45) is 2.33.